The van der Waals surface area contributed by atoms with E-state index in [0.717, 1.165) is 18.3 Å². The fourth-order valence-corrected chi connectivity index (χ4v) is 2.09. The Kier molecular flexibility index (Phi) is 3.78. The molecule has 16 heavy (non-hydrogen) atoms. The average molecular weight is 219 g/mol. The van der Waals surface area contributed by atoms with Gasteiger partial charge in [0.1, 0.15) is 5.82 Å². The summed E-state index contributed by atoms with van der Waals surface area (Å²) in [5.41, 5.74) is 1.21. The molecule has 1 fully saturated rings. The van der Waals surface area contributed by atoms with Crippen molar-refractivity contribution in [3.63, 3.8) is 0 Å². The number of rotatable bonds is 3. The van der Waals surface area contributed by atoms with Gasteiger partial charge in [-0.1, -0.05) is 6.07 Å². The summed E-state index contributed by atoms with van der Waals surface area (Å²) in [6.45, 7) is 5.58. The summed E-state index contributed by atoms with van der Waals surface area (Å²) in [7, 11) is 2.20. The minimum Gasteiger partial charge on any atom is -0.370 e. The summed E-state index contributed by atoms with van der Waals surface area (Å²) in [5.74, 6) is 1.81. The Labute approximate surface area is 97.9 Å². The molecule has 0 atom stereocenters. The molecule has 1 aromatic rings. The smallest absolute Gasteiger partial charge is 0.125 e. The monoisotopic (exact) mass is 219 g/mol. The van der Waals surface area contributed by atoms with Gasteiger partial charge in [0.2, 0.25) is 0 Å². The molecule has 0 saturated carbocycles. The Morgan fingerprint density at radius 2 is 2.12 bits per heavy atom. The summed E-state index contributed by atoms with van der Waals surface area (Å²) in [5, 5.41) is 3.43. The van der Waals surface area contributed by atoms with E-state index in [-0.39, 0.29) is 0 Å². The van der Waals surface area contributed by atoms with Crippen LogP contribution >= 0.6 is 0 Å². The lowest BCUT2D eigenvalue weighted by atomic mass is 9.97. The molecule has 0 unspecified atom stereocenters. The number of likely N-dealkylation sites (tertiary alicyclic amines) is 1. The third kappa shape index (κ3) is 3.20. The predicted octanol–water partition coefficient (Wildman–Crippen LogP) is 2.14. The third-order valence-corrected chi connectivity index (χ3v) is 3.32. The lowest BCUT2D eigenvalue weighted by Gasteiger charge is -2.29. The van der Waals surface area contributed by atoms with Crippen molar-refractivity contribution in [2.24, 2.45) is 5.92 Å². The van der Waals surface area contributed by atoms with Crippen molar-refractivity contribution in [3.8, 4) is 0 Å². The standard InChI is InChI=1S/C13H21N3/c1-11-3-4-13(14-9-11)15-10-12-5-7-16(2)8-6-12/h3-4,9,12H,5-8,10H2,1-2H3,(H,14,15). The van der Waals surface area contributed by atoms with Crippen LogP contribution in [0.3, 0.4) is 0 Å². The van der Waals surface area contributed by atoms with E-state index in [4.69, 9.17) is 0 Å². The average Bonchev–Trinajstić information content (AvgIpc) is 2.30. The lowest BCUT2D eigenvalue weighted by molar-refractivity contribution is 0.226. The fraction of sp³-hybridized carbons (Fsp3) is 0.615. The maximum Gasteiger partial charge on any atom is 0.125 e. The van der Waals surface area contributed by atoms with Crippen molar-refractivity contribution < 1.29 is 0 Å². The predicted molar refractivity (Wildman–Crippen MR) is 67.7 cm³/mol. The minimum absolute atomic E-state index is 0.805. The largest absolute Gasteiger partial charge is 0.370 e. The van der Waals surface area contributed by atoms with Crippen LogP contribution in [0, 0.1) is 12.8 Å². The molecule has 0 aromatic carbocycles. The zero-order valence-electron chi connectivity index (χ0n) is 10.2. The Hall–Kier alpha value is -1.09. The van der Waals surface area contributed by atoms with E-state index in [0.29, 0.717) is 0 Å². The Bertz CT molecular complexity index is 312. The van der Waals surface area contributed by atoms with E-state index < -0.39 is 0 Å². The van der Waals surface area contributed by atoms with Gasteiger partial charge in [-0.3, -0.25) is 0 Å². The maximum absolute atomic E-state index is 4.36. The molecular weight excluding hydrogens is 198 g/mol. The molecule has 1 aliphatic heterocycles. The van der Waals surface area contributed by atoms with Gasteiger partial charge in [0, 0.05) is 12.7 Å². The van der Waals surface area contributed by atoms with Crippen molar-refractivity contribution in [1.29, 1.82) is 0 Å². The van der Waals surface area contributed by atoms with Crippen LogP contribution in [0.4, 0.5) is 5.82 Å². The molecule has 0 bridgehead atoms. The molecule has 1 N–H and O–H groups in total. The summed E-state index contributed by atoms with van der Waals surface area (Å²) in [6.07, 6.45) is 4.52. The third-order valence-electron chi connectivity index (χ3n) is 3.32. The summed E-state index contributed by atoms with van der Waals surface area (Å²) < 4.78 is 0. The highest BCUT2D eigenvalue weighted by Gasteiger charge is 2.16. The zero-order valence-corrected chi connectivity index (χ0v) is 10.2. The second kappa shape index (κ2) is 5.30. The van der Waals surface area contributed by atoms with Gasteiger partial charge >= 0.3 is 0 Å². The fourth-order valence-electron chi connectivity index (χ4n) is 2.09. The maximum atomic E-state index is 4.36. The van der Waals surface area contributed by atoms with Gasteiger partial charge in [-0.05, 0) is 57.5 Å². The summed E-state index contributed by atoms with van der Waals surface area (Å²) in [6, 6.07) is 4.16. The van der Waals surface area contributed by atoms with Crippen LogP contribution in [0.5, 0.6) is 0 Å². The van der Waals surface area contributed by atoms with Gasteiger partial charge in [0.25, 0.3) is 0 Å². The first kappa shape index (κ1) is 11.4. The van der Waals surface area contributed by atoms with Crippen molar-refractivity contribution in [2.75, 3.05) is 32.0 Å². The molecule has 1 aliphatic rings. The molecule has 1 aromatic heterocycles. The van der Waals surface area contributed by atoms with Crippen molar-refractivity contribution in [2.45, 2.75) is 19.8 Å². The molecule has 88 valence electrons. The molecule has 0 spiro atoms. The van der Waals surface area contributed by atoms with Crippen LogP contribution in [0.15, 0.2) is 18.3 Å². The summed E-state index contributed by atoms with van der Waals surface area (Å²) in [4.78, 5) is 6.76. The number of nitrogens with one attached hydrogen (secondary N) is 1. The van der Waals surface area contributed by atoms with E-state index >= 15 is 0 Å². The summed E-state index contributed by atoms with van der Waals surface area (Å²) >= 11 is 0. The Morgan fingerprint density at radius 1 is 1.38 bits per heavy atom. The van der Waals surface area contributed by atoms with Crippen LogP contribution in [0.1, 0.15) is 18.4 Å². The van der Waals surface area contributed by atoms with Gasteiger partial charge in [-0.15, -0.1) is 0 Å². The highest BCUT2D eigenvalue weighted by Crippen LogP contribution is 2.16. The number of aryl methyl sites for hydroxylation is 1. The van der Waals surface area contributed by atoms with Gasteiger partial charge in [0.05, 0.1) is 0 Å². The highest BCUT2D eigenvalue weighted by molar-refractivity contribution is 5.35. The first-order chi connectivity index (χ1) is 7.74. The quantitative estimate of drug-likeness (QED) is 0.844. The van der Waals surface area contributed by atoms with E-state index in [1.54, 1.807) is 0 Å². The first-order valence-corrected chi connectivity index (χ1v) is 6.09. The second-order valence-electron chi connectivity index (χ2n) is 4.85. The van der Waals surface area contributed by atoms with Crippen LogP contribution in [-0.4, -0.2) is 36.6 Å². The van der Waals surface area contributed by atoms with Crippen LogP contribution in [-0.2, 0) is 0 Å². The number of nitrogens with zero attached hydrogens (tertiary/aromatic N) is 2. The molecule has 0 radical (unpaired) electrons. The van der Waals surface area contributed by atoms with Gasteiger partial charge in [-0.2, -0.15) is 0 Å². The SMILES string of the molecule is Cc1ccc(NCC2CCN(C)CC2)nc1. The van der Waals surface area contributed by atoms with E-state index in [9.17, 15) is 0 Å². The molecule has 2 rings (SSSR count). The molecule has 1 saturated heterocycles. The van der Waals surface area contributed by atoms with Crippen LogP contribution in [0.2, 0.25) is 0 Å². The number of anilines is 1. The van der Waals surface area contributed by atoms with Crippen molar-refractivity contribution in [3.05, 3.63) is 23.9 Å². The number of aromatic nitrogens is 1. The van der Waals surface area contributed by atoms with Gasteiger partial charge in [-0.25, -0.2) is 4.98 Å². The van der Waals surface area contributed by atoms with Gasteiger partial charge < -0.3 is 10.2 Å². The second-order valence-corrected chi connectivity index (χ2v) is 4.85. The molecule has 0 amide bonds. The number of pyridine rings is 1. The Balaban J connectivity index is 1.77. The number of piperidine rings is 1. The molecule has 0 aliphatic carbocycles. The van der Waals surface area contributed by atoms with E-state index in [1.165, 1.54) is 31.5 Å². The molecule has 2 heterocycles. The van der Waals surface area contributed by atoms with E-state index in [2.05, 4.69) is 41.3 Å². The minimum atomic E-state index is 0.805. The highest BCUT2D eigenvalue weighted by atomic mass is 15.1. The molecular formula is C13H21N3. The topological polar surface area (TPSA) is 28.2 Å². The van der Waals surface area contributed by atoms with Crippen molar-refractivity contribution >= 4 is 5.82 Å². The molecule has 3 nitrogen and oxygen atoms in total. The van der Waals surface area contributed by atoms with E-state index in [1.807, 2.05) is 6.20 Å². The number of hydrogen-bond acceptors (Lipinski definition) is 3. The molecule has 3 heteroatoms. The Morgan fingerprint density at radius 3 is 2.75 bits per heavy atom. The lowest BCUT2D eigenvalue weighted by Crippen LogP contribution is -2.33. The van der Waals surface area contributed by atoms with Crippen LogP contribution in [0.25, 0.3) is 0 Å². The first-order valence-electron chi connectivity index (χ1n) is 6.09. The van der Waals surface area contributed by atoms with Gasteiger partial charge in [0.15, 0.2) is 0 Å². The number of hydrogen-bond donors (Lipinski definition) is 1. The normalized spacial score (nSPS) is 18.6. The van der Waals surface area contributed by atoms with Crippen molar-refractivity contribution in [1.82, 2.24) is 9.88 Å². The van der Waals surface area contributed by atoms with Crippen LogP contribution < -0.4 is 5.32 Å². The zero-order chi connectivity index (χ0) is 11.4.